The number of aliphatic hydroxyl groups is 1. The second kappa shape index (κ2) is 5.38. The summed E-state index contributed by atoms with van der Waals surface area (Å²) < 4.78 is 0. The van der Waals surface area contributed by atoms with Crippen LogP contribution < -0.4 is 5.32 Å². The Bertz CT molecular complexity index is 418. The van der Waals surface area contributed by atoms with Crippen LogP contribution in [0.5, 0.6) is 0 Å². The van der Waals surface area contributed by atoms with Crippen LogP contribution in [0.3, 0.4) is 0 Å². The third-order valence-corrected chi connectivity index (χ3v) is 2.63. The average Bonchev–Trinajstić information content (AvgIpc) is 2.27. The van der Waals surface area contributed by atoms with Crippen LogP contribution in [0.15, 0.2) is 18.2 Å². The number of hydrogen-bond acceptors (Lipinski definition) is 3. The Morgan fingerprint density at radius 1 is 1.47 bits per heavy atom. The maximum atomic E-state index is 11.0. The zero-order chi connectivity index (χ0) is 13.1. The number of carbonyl (C=O) groups is 1. The van der Waals surface area contributed by atoms with E-state index in [9.17, 15) is 4.79 Å². The van der Waals surface area contributed by atoms with E-state index < -0.39 is 5.97 Å². The van der Waals surface area contributed by atoms with Crippen LogP contribution >= 0.6 is 11.6 Å². The van der Waals surface area contributed by atoms with Crippen molar-refractivity contribution in [1.29, 1.82) is 0 Å². The molecule has 94 valence electrons. The van der Waals surface area contributed by atoms with Crippen molar-refractivity contribution in [3.8, 4) is 0 Å². The van der Waals surface area contributed by atoms with Crippen molar-refractivity contribution < 1.29 is 15.0 Å². The molecule has 0 heterocycles. The fourth-order valence-electron chi connectivity index (χ4n) is 1.24. The first-order valence-electron chi connectivity index (χ1n) is 5.23. The van der Waals surface area contributed by atoms with Crippen molar-refractivity contribution in [2.75, 3.05) is 18.5 Å². The van der Waals surface area contributed by atoms with Crippen molar-refractivity contribution in [3.05, 3.63) is 28.8 Å². The zero-order valence-electron chi connectivity index (χ0n) is 9.83. The van der Waals surface area contributed by atoms with Crippen LogP contribution in [0.25, 0.3) is 0 Å². The molecule has 1 rings (SSSR count). The minimum atomic E-state index is -1.03. The van der Waals surface area contributed by atoms with E-state index in [-0.39, 0.29) is 17.6 Å². The van der Waals surface area contributed by atoms with Gasteiger partial charge in [-0.3, -0.25) is 0 Å². The van der Waals surface area contributed by atoms with Gasteiger partial charge < -0.3 is 15.5 Å². The Morgan fingerprint density at radius 2 is 2.12 bits per heavy atom. The second-order valence-electron chi connectivity index (χ2n) is 4.67. The molecule has 0 aliphatic rings. The fraction of sp³-hybridized carbons (Fsp3) is 0.417. The third-order valence-electron chi connectivity index (χ3n) is 2.40. The minimum absolute atomic E-state index is 0.0238. The van der Waals surface area contributed by atoms with Gasteiger partial charge in [0.25, 0.3) is 0 Å². The van der Waals surface area contributed by atoms with E-state index in [2.05, 4.69) is 5.32 Å². The Kier molecular flexibility index (Phi) is 4.37. The number of aliphatic hydroxyl groups excluding tert-OH is 1. The summed E-state index contributed by atoms with van der Waals surface area (Å²) in [5.74, 6) is -1.03. The number of carboxylic acids is 1. The average molecular weight is 258 g/mol. The highest BCUT2D eigenvalue weighted by Gasteiger charge is 2.18. The molecule has 0 saturated carbocycles. The molecule has 0 aromatic heterocycles. The minimum Gasteiger partial charge on any atom is -0.478 e. The highest BCUT2D eigenvalue weighted by molar-refractivity contribution is 6.31. The molecule has 1 aromatic rings. The quantitative estimate of drug-likeness (QED) is 0.758. The number of benzene rings is 1. The molecule has 0 atom stereocenters. The monoisotopic (exact) mass is 257 g/mol. The Labute approximate surface area is 105 Å². The van der Waals surface area contributed by atoms with Crippen LogP contribution in [0.4, 0.5) is 5.69 Å². The maximum Gasteiger partial charge on any atom is 0.337 e. The number of halogens is 1. The topological polar surface area (TPSA) is 69.6 Å². The predicted molar refractivity (Wildman–Crippen MR) is 67.8 cm³/mol. The van der Waals surface area contributed by atoms with Crippen molar-refractivity contribution in [1.82, 2.24) is 0 Å². The van der Waals surface area contributed by atoms with Gasteiger partial charge in [-0.25, -0.2) is 4.79 Å². The van der Waals surface area contributed by atoms with Gasteiger partial charge in [0.1, 0.15) is 0 Å². The summed E-state index contributed by atoms with van der Waals surface area (Å²) in [5.41, 5.74) is 0.324. The van der Waals surface area contributed by atoms with Gasteiger partial charge in [0.2, 0.25) is 0 Å². The first-order chi connectivity index (χ1) is 7.85. The van der Waals surface area contributed by atoms with Gasteiger partial charge in [-0.05, 0) is 18.2 Å². The van der Waals surface area contributed by atoms with Crippen LogP contribution in [-0.2, 0) is 0 Å². The molecule has 17 heavy (non-hydrogen) atoms. The lowest BCUT2D eigenvalue weighted by atomic mass is 9.95. The summed E-state index contributed by atoms with van der Waals surface area (Å²) >= 11 is 5.75. The van der Waals surface area contributed by atoms with Gasteiger partial charge in [-0.2, -0.15) is 0 Å². The van der Waals surface area contributed by atoms with Crippen LogP contribution in [0.2, 0.25) is 5.02 Å². The first-order valence-corrected chi connectivity index (χ1v) is 5.61. The Hall–Kier alpha value is -1.26. The van der Waals surface area contributed by atoms with Crippen molar-refractivity contribution in [2.45, 2.75) is 13.8 Å². The van der Waals surface area contributed by atoms with Crippen LogP contribution in [0.1, 0.15) is 24.2 Å². The molecule has 0 unspecified atom stereocenters. The molecule has 1 aromatic carbocycles. The molecule has 0 saturated heterocycles. The number of rotatable bonds is 5. The number of carboxylic acid groups (broad SMARTS) is 1. The molecule has 0 amide bonds. The molecule has 0 fully saturated rings. The SMILES string of the molecule is CC(C)(CO)CNc1ccc(Cl)cc1C(=O)O. The number of anilines is 1. The van der Waals surface area contributed by atoms with Gasteiger partial charge in [-0.1, -0.05) is 25.4 Å². The van der Waals surface area contributed by atoms with Crippen molar-refractivity contribution >= 4 is 23.3 Å². The van der Waals surface area contributed by atoms with E-state index in [0.717, 1.165) is 0 Å². The van der Waals surface area contributed by atoms with Gasteiger partial charge in [0, 0.05) is 29.3 Å². The lowest BCUT2D eigenvalue weighted by molar-refractivity contribution is 0.0698. The molecule has 0 aliphatic carbocycles. The summed E-state index contributed by atoms with van der Waals surface area (Å²) in [6.45, 7) is 4.27. The summed E-state index contributed by atoms with van der Waals surface area (Å²) in [4.78, 5) is 11.0. The molecular formula is C12H16ClNO3. The Balaban J connectivity index is 2.88. The molecular weight excluding hydrogens is 242 g/mol. The van der Waals surface area contributed by atoms with E-state index in [4.69, 9.17) is 21.8 Å². The smallest absolute Gasteiger partial charge is 0.337 e. The molecule has 5 heteroatoms. The first kappa shape index (κ1) is 13.8. The largest absolute Gasteiger partial charge is 0.478 e. The highest BCUT2D eigenvalue weighted by Crippen LogP contribution is 2.22. The van der Waals surface area contributed by atoms with E-state index in [1.807, 2.05) is 13.8 Å². The van der Waals surface area contributed by atoms with Crippen LogP contribution in [-0.4, -0.2) is 29.3 Å². The fourth-order valence-corrected chi connectivity index (χ4v) is 1.41. The van der Waals surface area contributed by atoms with Gasteiger partial charge in [-0.15, -0.1) is 0 Å². The lowest BCUT2D eigenvalue weighted by Gasteiger charge is -2.23. The molecule has 0 aliphatic heterocycles. The van der Waals surface area contributed by atoms with E-state index in [0.29, 0.717) is 17.3 Å². The molecule has 4 nitrogen and oxygen atoms in total. The summed E-state index contributed by atoms with van der Waals surface area (Å²) in [6, 6.07) is 4.65. The maximum absolute atomic E-state index is 11.0. The van der Waals surface area contributed by atoms with E-state index >= 15 is 0 Å². The number of nitrogens with one attached hydrogen (secondary N) is 1. The van der Waals surface area contributed by atoms with E-state index in [1.165, 1.54) is 6.07 Å². The normalized spacial score (nSPS) is 11.3. The van der Waals surface area contributed by atoms with Crippen molar-refractivity contribution in [2.24, 2.45) is 5.41 Å². The molecule has 0 spiro atoms. The summed E-state index contributed by atoms with van der Waals surface area (Å²) in [5, 5.41) is 21.5. The third kappa shape index (κ3) is 3.91. The lowest BCUT2D eigenvalue weighted by Crippen LogP contribution is -2.27. The van der Waals surface area contributed by atoms with Crippen molar-refractivity contribution in [3.63, 3.8) is 0 Å². The van der Waals surface area contributed by atoms with E-state index in [1.54, 1.807) is 12.1 Å². The highest BCUT2D eigenvalue weighted by atomic mass is 35.5. The van der Waals surface area contributed by atoms with Gasteiger partial charge >= 0.3 is 5.97 Å². The summed E-state index contributed by atoms with van der Waals surface area (Å²) in [7, 11) is 0. The summed E-state index contributed by atoms with van der Waals surface area (Å²) in [6.07, 6.45) is 0. The Morgan fingerprint density at radius 3 is 2.65 bits per heavy atom. The molecule has 0 radical (unpaired) electrons. The molecule has 0 bridgehead atoms. The molecule has 3 N–H and O–H groups in total. The van der Waals surface area contributed by atoms with Gasteiger partial charge in [0.15, 0.2) is 0 Å². The predicted octanol–water partition coefficient (Wildman–Crippen LogP) is 2.47. The second-order valence-corrected chi connectivity index (χ2v) is 5.11. The van der Waals surface area contributed by atoms with Gasteiger partial charge in [0.05, 0.1) is 5.56 Å². The van der Waals surface area contributed by atoms with Crippen LogP contribution in [0, 0.1) is 5.41 Å². The number of hydrogen-bond donors (Lipinski definition) is 3. The number of aromatic carboxylic acids is 1. The zero-order valence-corrected chi connectivity index (χ0v) is 10.6. The standard InChI is InChI=1S/C12H16ClNO3/c1-12(2,7-15)6-14-10-4-3-8(13)5-9(10)11(16)17/h3-5,14-15H,6-7H2,1-2H3,(H,16,17).